The van der Waals surface area contributed by atoms with Crippen LogP contribution in [-0.4, -0.2) is 51.3 Å². The minimum atomic E-state index is -1.01. The maximum absolute atomic E-state index is 12.7. The molecule has 1 saturated carbocycles. The van der Waals surface area contributed by atoms with E-state index in [0.29, 0.717) is 12.0 Å². The second-order valence-corrected chi connectivity index (χ2v) is 7.44. The number of benzene rings is 1. The first-order valence-electron chi connectivity index (χ1n) is 9.36. The fourth-order valence-corrected chi connectivity index (χ4v) is 4.39. The smallest absolute Gasteiger partial charge is 0.326 e. The van der Waals surface area contributed by atoms with Crippen LogP contribution in [0.25, 0.3) is 0 Å². The van der Waals surface area contributed by atoms with E-state index >= 15 is 0 Å². The first-order valence-corrected chi connectivity index (χ1v) is 9.36. The van der Waals surface area contributed by atoms with Crippen LogP contribution in [0.15, 0.2) is 18.2 Å². The average Bonchev–Trinajstić information content (AvgIpc) is 3.05. The summed E-state index contributed by atoms with van der Waals surface area (Å²) in [6.45, 7) is 1.23. The second kappa shape index (κ2) is 7.95. The summed E-state index contributed by atoms with van der Waals surface area (Å²) < 4.78 is 0. The predicted molar refractivity (Wildman–Crippen MR) is 98.8 cm³/mol. The molecule has 9 nitrogen and oxygen atoms in total. The van der Waals surface area contributed by atoms with Crippen molar-refractivity contribution in [1.82, 2.24) is 10.2 Å². The largest absolute Gasteiger partial charge is 0.480 e. The van der Waals surface area contributed by atoms with E-state index in [2.05, 4.69) is 5.32 Å². The van der Waals surface area contributed by atoms with Gasteiger partial charge < -0.3 is 15.3 Å². The topological polar surface area (TPSA) is 130 Å². The summed E-state index contributed by atoms with van der Waals surface area (Å²) in [7, 11) is 0. The Morgan fingerprint density at radius 3 is 2.64 bits per heavy atom. The Balaban J connectivity index is 1.67. The molecule has 1 saturated heterocycles. The molecule has 0 spiro atoms. The number of carboxylic acids is 1. The minimum absolute atomic E-state index is 0.0825. The number of nitrogens with one attached hydrogen (secondary N) is 1. The van der Waals surface area contributed by atoms with E-state index in [0.717, 1.165) is 25.7 Å². The summed E-state index contributed by atoms with van der Waals surface area (Å²) in [5.74, 6) is -1.75. The number of carbonyl (C=O) groups excluding carboxylic acids is 2. The van der Waals surface area contributed by atoms with Gasteiger partial charge in [0.05, 0.1) is 11.5 Å². The van der Waals surface area contributed by atoms with Gasteiger partial charge in [0, 0.05) is 23.2 Å². The fourth-order valence-electron chi connectivity index (χ4n) is 4.39. The maximum atomic E-state index is 12.7. The lowest BCUT2D eigenvalue weighted by molar-refractivity contribution is -0.385. The van der Waals surface area contributed by atoms with Gasteiger partial charge in [-0.2, -0.15) is 0 Å². The molecule has 1 aliphatic heterocycles. The SMILES string of the molecule is Cc1cc(C(=O)NCC(=O)N2C(C(=O)O)CC3CCCCC32)ccc1[N+](=O)[O-]. The van der Waals surface area contributed by atoms with Gasteiger partial charge in [0.1, 0.15) is 6.04 Å². The molecule has 1 aromatic carbocycles. The lowest BCUT2D eigenvalue weighted by Gasteiger charge is -2.33. The van der Waals surface area contributed by atoms with Gasteiger partial charge in [-0.15, -0.1) is 0 Å². The quantitative estimate of drug-likeness (QED) is 0.584. The highest BCUT2D eigenvalue weighted by Gasteiger charge is 2.47. The molecule has 0 aromatic heterocycles. The van der Waals surface area contributed by atoms with Crippen molar-refractivity contribution in [2.24, 2.45) is 5.92 Å². The van der Waals surface area contributed by atoms with Crippen LogP contribution in [0.4, 0.5) is 5.69 Å². The lowest BCUT2D eigenvalue weighted by atomic mass is 9.85. The van der Waals surface area contributed by atoms with E-state index in [1.54, 1.807) is 0 Å². The average molecular weight is 389 g/mol. The highest BCUT2D eigenvalue weighted by atomic mass is 16.6. The predicted octanol–water partition coefficient (Wildman–Crippen LogP) is 1.88. The number of nitrogens with zero attached hydrogens (tertiary/aromatic N) is 2. The van der Waals surface area contributed by atoms with E-state index in [4.69, 9.17) is 0 Å². The molecule has 28 heavy (non-hydrogen) atoms. The summed E-state index contributed by atoms with van der Waals surface area (Å²) >= 11 is 0. The van der Waals surface area contributed by atoms with Crippen molar-refractivity contribution < 1.29 is 24.4 Å². The number of aryl methyl sites for hydroxylation is 1. The molecule has 2 amide bonds. The molecule has 2 aliphatic rings. The van der Waals surface area contributed by atoms with Crippen LogP contribution in [0, 0.1) is 23.0 Å². The molecule has 1 heterocycles. The highest BCUT2D eigenvalue weighted by molar-refractivity contribution is 5.97. The number of hydrogen-bond donors (Lipinski definition) is 2. The number of likely N-dealkylation sites (tertiary alicyclic amines) is 1. The highest BCUT2D eigenvalue weighted by Crippen LogP contribution is 2.39. The van der Waals surface area contributed by atoms with Crippen LogP contribution < -0.4 is 5.32 Å². The van der Waals surface area contributed by atoms with E-state index in [1.165, 1.54) is 30.0 Å². The van der Waals surface area contributed by atoms with Crippen molar-refractivity contribution in [1.29, 1.82) is 0 Å². The van der Waals surface area contributed by atoms with Gasteiger partial charge >= 0.3 is 5.97 Å². The van der Waals surface area contributed by atoms with E-state index in [9.17, 15) is 29.6 Å². The third-order valence-corrected chi connectivity index (χ3v) is 5.72. The Hall–Kier alpha value is -2.97. The van der Waals surface area contributed by atoms with Gasteiger partial charge in [0.2, 0.25) is 5.91 Å². The number of rotatable bonds is 5. The Morgan fingerprint density at radius 1 is 1.29 bits per heavy atom. The molecule has 2 N–H and O–H groups in total. The molecule has 1 aromatic rings. The zero-order chi connectivity index (χ0) is 20.4. The Morgan fingerprint density at radius 2 is 2.00 bits per heavy atom. The third kappa shape index (κ3) is 3.83. The Kier molecular flexibility index (Phi) is 5.62. The number of aliphatic carboxylic acids is 1. The molecule has 2 fully saturated rings. The van der Waals surface area contributed by atoms with Crippen LogP contribution in [0.2, 0.25) is 0 Å². The zero-order valence-corrected chi connectivity index (χ0v) is 15.6. The summed E-state index contributed by atoms with van der Waals surface area (Å²) in [6.07, 6.45) is 4.18. The minimum Gasteiger partial charge on any atom is -0.480 e. The van der Waals surface area contributed by atoms with E-state index in [1.807, 2.05) is 0 Å². The molecule has 3 rings (SSSR count). The van der Waals surface area contributed by atoms with Crippen molar-refractivity contribution >= 4 is 23.5 Å². The maximum Gasteiger partial charge on any atom is 0.326 e. The van der Waals surface area contributed by atoms with Crippen LogP contribution in [-0.2, 0) is 9.59 Å². The first kappa shape index (κ1) is 19.8. The normalized spacial score (nSPS) is 23.8. The van der Waals surface area contributed by atoms with Gasteiger partial charge in [-0.3, -0.25) is 19.7 Å². The van der Waals surface area contributed by atoms with Crippen LogP contribution in [0.5, 0.6) is 0 Å². The standard InChI is InChI=1S/C19H23N3O6/c1-11-8-13(6-7-14(11)22(27)28)18(24)20-10-17(23)21-15-5-3-2-4-12(15)9-16(21)19(25)26/h6-8,12,15-16H,2-5,9-10H2,1H3,(H,20,24)(H,25,26). The molecule has 3 unspecified atom stereocenters. The van der Waals surface area contributed by atoms with E-state index in [-0.39, 0.29) is 29.8 Å². The number of nitro groups is 1. The van der Waals surface area contributed by atoms with Crippen LogP contribution in [0.3, 0.4) is 0 Å². The molecular formula is C19H23N3O6. The zero-order valence-electron chi connectivity index (χ0n) is 15.6. The second-order valence-electron chi connectivity index (χ2n) is 7.44. The monoisotopic (exact) mass is 389 g/mol. The number of amides is 2. The Labute approximate surface area is 161 Å². The van der Waals surface area contributed by atoms with Crippen LogP contribution >= 0.6 is 0 Å². The third-order valence-electron chi connectivity index (χ3n) is 5.72. The van der Waals surface area contributed by atoms with Gasteiger partial charge in [0.25, 0.3) is 11.6 Å². The number of carboxylic acid groups (broad SMARTS) is 1. The molecule has 150 valence electrons. The van der Waals surface area contributed by atoms with Gasteiger partial charge in [0.15, 0.2) is 0 Å². The van der Waals surface area contributed by atoms with Crippen molar-refractivity contribution in [3.8, 4) is 0 Å². The molecule has 1 aliphatic carbocycles. The number of nitro benzene ring substituents is 1. The number of fused-ring (bicyclic) bond motifs is 1. The molecule has 3 atom stereocenters. The molecular weight excluding hydrogens is 366 g/mol. The van der Waals surface area contributed by atoms with Crippen molar-refractivity contribution in [3.63, 3.8) is 0 Å². The van der Waals surface area contributed by atoms with E-state index < -0.39 is 28.7 Å². The molecule has 0 radical (unpaired) electrons. The number of hydrogen-bond acceptors (Lipinski definition) is 5. The molecule has 0 bridgehead atoms. The lowest BCUT2D eigenvalue weighted by Crippen LogP contribution is -2.50. The van der Waals surface area contributed by atoms with Crippen molar-refractivity contribution in [2.75, 3.05) is 6.54 Å². The number of carbonyl (C=O) groups is 3. The Bertz CT molecular complexity index is 824. The van der Waals surface area contributed by atoms with Crippen molar-refractivity contribution in [3.05, 3.63) is 39.4 Å². The summed E-state index contributed by atoms with van der Waals surface area (Å²) in [4.78, 5) is 48.4. The molecule has 9 heteroatoms. The van der Waals surface area contributed by atoms with Gasteiger partial charge in [-0.1, -0.05) is 12.8 Å². The summed E-state index contributed by atoms with van der Waals surface area (Å²) in [5.41, 5.74) is 0.472. The summed E-state index contributed by atoms with van der Waals surface area (Å²) in [6, 6.07) is 3.04. The van der Waals surface area contributed by atoms with Crippen LogP contribution in [0.1, 0.15) is 48.0 Å². The van der Waals surface area contributed by atoms with Crippen molar-refractivity contribution in [2.45, 2.75) is 51.1 Å². The fraction of sp³-hybridized carbons (Fsp3) is 0.526. The first-order chi connectivity index (χ1) is 13.3. The summed E-state index contributed by atoms with van der Waals surface area (Å²) in [5, 5.41) is 22.9. The van der Waals surface area contributed by atoms with Gasteiger partial charge in [-0.25, -0.2) is 4.79 Å². The van der Waals surface area contributed by atoms with Gasteiger partial charge in [-0.05, 0) is 44.2 Å².